The van der Waals surface area contributed by atoms with Gasteiger partial charge in [-0.3, -0.25) is 4.90 Å². The summed E-state index contributed by atoms with van der Waals surface area (Å²) < 4.78 is 9.75. The molecule has 2 bridgehead atoms. The molecule has 0 saturated carbocycles. The minimum atomic E-state index is -0.748. The van der Waals surface area contributed by atoms with Crippen LogP contribution in [0.25, 0.3) is 0 Å². The van der Waals surface area contributed by atoms with Gasteiger partial charge < -0.3 is 9.47 Å². The van der Waals surface area contributed by atoms with Crippen LogP contribution in [-0.4, -0.2) is 39.7 Å². The highest BCUT2D eigenvalue weighted by atomic mass is 79.9. The number of carbonyl (C=O) groups is 2. The monoisotopic (exact) mass is 317 g/mol. The van der Waals surface area contributed by atoms with Gasteiger partial charge >= 0.3 is 12.1 Å². The van der Waals surface area contributed by atoms with E-state index in [1.54, 1.807) is 4.90 Å². The summed E-state index contributed by atoms with van der Waals surface area (Å²) in [4.78, 5) is 24.7. The third-order valence-corrected chi connectivity index (χ3v) is 5.29. The fourth-order valence-corrected chi connectivity index (χ4v) is 4.14. The Morgan fingerprint density at radius 3 is 2.72 bits per heavy atom. The lowest BCUT2D eigenvalue weighted by atomic mass is 9.74. The highest BCUT2D eigenvalue weighted by molar-refractivity contribution is 9.10. The molecule has 0 radical (unpaired) electrons. The van der Waals surface area contributed by atoms with Crippen molar-refractivity contribution in [3.8, 4) is 0 Å². The predicted molar refractivity (Wildman–Crippen MR) is 68.2 cm³/mol. The molecular weight excluding hydrogens is 302 g/mol. The fraction of sp³-hybridized carbons (Fsp3) is 0.667. The zero-order chi connectivity index (χ0) is 13.6. The molecule has 3 fully saturated rings. The number of halogens is 1. The lowest BCUT2D eigenvalue weighted by Crippen LogP contribution is -2.77. The van der Waals surface area contributed by atoms with E-state index in [0.717, 1.165) is 12.5 Å². The summed E-state index contributed by atoms with van der Waals surface area (Å²) in [5.41, 5.74) is -0.608. The number of fused-ring (bicyclic) bond motifs is 1. The zero-order valence-corrected chi connectivity index (χ0v) is 12.0. The van der Waals surface area contributed by atoms with E-state index >= 15 is 0 Å². The highest BCUT2D eigenvalue weighted by Crippen LogP contribution is 2.61. The molecule has 0 spiro atoms. The minimum Gasteiger partial charge on any atom is -0.460 e. The Labute approximate surface area is 114 Å². The lowest BCUT2D eigenvalue weighted by molar-refractivity contribution is -0.156. The van der Waals surface area contributed by atoms with Crippen LogP contribution < -0.4 is 0 Å². The number of amides is 1. The maximum atomic E-state index is 11.8. The zero-order valence-electron chi connectivity index (χ0n) is 10.4. The second-order valence-corrected chi connectivity index (χ2v) is 5.68. The summed E-state index contributed by atoms with van der Waals surface area (Å²) >= 11 is 3.53. The second kappa shape index (κ2) is 4.26. The molecule has 0 aromatic heterocycles. The normalized spacial score (nSPS) is 36.9. The summed E-state index contributed by atoms with van der Waals surface area (Å²) in [6.07, 6.45) is 2.19. The first-order chi connectivity index (χ1) is 8.46. The smallest absolute Gasteiger partial charge is 0.412 e. The summed E-state index contributed by atoms with van der Waals surface area (Å²) in [6.45, 7) is 7.40. The van der Waals surface area contributed by atoms with Crippen molar-refractivity contribution in [2.45, 2.75) is 42.8 Å². The molecule has 18 heavy (non-hydrogen) atoms. The molecule has 3 unspecified atom stereocenters. The Morgan fingerprint density at radius 1 is 1.67 bits per heavy atom. The van der Waals surface area contributed by atoms with E-state index in [4.69, 9.17) is 9.47 Å². The van der Waals surface area contributed by atoms with E-state index in [9.17, 15) is 9.59 Å². The van der Waals surface area contributed by atoms with Gasteiger partial charge in [-0.05, 0) is 28.8 Å². The number of rotatable bonds is 5. The Bertz CT molecular complexity index is 413. The molecule has 0 aliphatic carbocycles. The van der Waals surface area contributed by atoms with Crippen molar-refractivity contribution in [3.63, 3.8) is 0 Å². The van der Waals surface area contributed by atoms with Crippen LogP contribution in [0.15, 0.2) is 12.7 Å². The van der Waals surface area contributed by atoms with Crippen LogP contribution in [0, 0.1) is 0 Å². The average molecular weight is 318 g/mol. The van der Waals surface area contributed by atoms with Gasteiger partial charge in [-0.2, -0.15) is 0 Å². The van der Waals surface area contributed by atoms with E-state index in [2.05, 4.69) is 22.5 Å². The van der Waals surface area contributed by atoms with Crippen molar-refractivity contribution in [1.82, 2.24) is 4.90 Å². The van der Waals surface area contributed by atoms with Crippen LogP contribution in [0.2, 0.25) is 0 Å². The molecule has 6 heteroatoms. The molecule has 3 rings (SSSR count). The van der Waals surface area contributed by atoms with Crippen LogP contribution >= 0.6 is 15.9 Å². The number of nitrogens with zero attached hydrogens (tertiary/aromatic N) is 1. The molecule has 3 aliphatic heterocycles. The van der Waals surface area contributed by atoms with Crippen LogP contribution in [0.1, 0.15) is 26.7 Å². The van der Waals surface area contributed by atoms with Crippen molar-refractivity contribution >= 4 is 28.0 Å². The molecule has 1 amide bonds. The van der Waals surface area contributed by atoms with Gasteiger partial charge in [0.2, 0.25) is 4.51 Å². The van der Waals surface area contributed by atoms with Crippen molar-refractivity contribution < 1.29 is 19.1 Å². The SMILES string of the molecule is C=CC(=O)OCC1(CC)N2C(=O)OC1(Br)C2CC. The van der Waals surface area contributed by atoms with Crippen molar-refractivity contribution in [1.29, 1.82) is 0 Å². The molecule has 0 aromatic carbocycles. The maximum Gasteiger partial charge on any atom is 0.412 e. The quantitative estimate of drug-likeness (QED) is 0.443. The van der Waals surface area contributed by atoms with Crippen molar-refractivity contribution in [2.24, 2.45) is 0 Å². The first-order valence-corrected chi connectivity index (χ1v) is 6.76. The van der Waals surface area contributed by atoms with Crippen LogP contribution in [0.5, 0.6) is 0 Å². The first kappa shape index (κ1) is 13.4. The second-order valence-electron chi connectivity index (χ2n) is 4.50. The van der Waals surface area contributed by atoms with E-state index < -0.39 is 16.0 Å². The molecular formula is C12H16BrNO4. The molecule has 100 valence electrons. The van der Waals surface area contributed by atoms with Crippen molar-refractivity contribution in [3.05, 3.63) is 12.7 Å². The largest absolute Gasteiger partial charge is 0.460 e. The number of ether oxygens (including phenoxy) is 2. The number of carbonyl (C=O) groups excluding carboxylic acids is 2. The maximum absolute atomic E-state index is 11.8. The van der Waals surface area contributed by atoms with E-state index in [0.29, 0.717) is 6.42 Å². The Kier molecular flexibility index (Phi) is 3.17. The molecule has 5 nitrogen and oxygen atoms in total. The topological polar surface area (TPSA) is 55.8 Å². The van der Waals surface area contributed by atoms with Gasteiger partial charge in [0.1, 0.15) is 12.1 Å². The lowest BCUT2D eigenvalue weighted by Gasteiger charge is -2.57. The Hall–Kier alpha value is -1.04. The van der Waals surface area contributed by atoms with Gasteiger partial charge in [-0.15, -0.1) is 0 Å². The standard InChI is InChI=1S/C12H16BrNO4/c1-4-8-12(13)11(6-3,7-17-9(15)5-2)14(8)10(16)18-12/h5,8H,2,4,6-7H2,1,3H3. The fourth-order valence-electron chi connectivity index (χ4n) is 2.89. The van der Waals surface area contributed by atoms with Crippen LogP contribution in [0.3, 0.4) is 0 Å². The first-order valence-electron chi connectivity index (χ1n) is 5.97. The number of esters is 1. The third kappa shape index (κ3) is 1.38. The van der Waals surface area contributed by atoms with E-state index in [1.807, 2.05) is 13.8 Å². The van der Waals surface area contributed by atoms with Gasteiger partial charge in [0.25, 0.3) is 0 Å². The Balaban J connectivity index is 2.22. The van der Waals surface area contributed by atoms with Crippen LogP contribution in [-0.2, 0) is 14.3 Å². The van der Waals surface area contributed by atoms with Crippen molar-refractivity contribution in [2.75, 3.05) is 6.61 Å². The Morgan fingerprint density at radius 2 is 2.33 bits per heavy atom. The highest BCUT2D eigenvalue weighted by Gasteiger charge is 2.79. The van der Waals surface area contributed by atoms with Gasteiger partial charge in [0.05, 0.1) is 6.04 Å². The molecule has 3 atom stereocenters. The number of alkyl halides is 1. The molecule has 3 heterocycles. The van der Waals surface area contributed by atoms with Gasteiger partial charge in [0, 0.05) is 6.08 Å². The summed E-state index contributed by atoms with van der Waals surface area (Å²) in [5.74, 6) is -0.494. The number of hydrogen-bond donors (Lipinski definition) is 0. The molecule has 3 saturated heterocycles. The molecule has 3 aliphatic rings. The van der Waals surface area contributed by atoms with E-state index in [-0.39, 0.29) is 18.7 Å². The minimum absolute atomic E-state index is 0.00705. The van der Waals surface area contributed by atoms with Gasteiger partial charge in [-0.1, -0.05) is 20.4 Å². The molecule has 0 aromatic rings. The predicted octanol–water partition coefficient (Wildman–Crippen LogP) is 2.20. The average Bonchev–Trinajstić information content (AvgIpc) is 2.74. The summed E-state index contributed by atoms with van der Waals surface area (Å²) in [7, 11) is 0. The third-order valence-electron chi connectivity index (χ3n) is 3.86. The molecule has 0 N–H and O–H groups in total. The van der Waals surface area contributed by atoms with Gasteiger partial charge in [0.15, 0.2) is 0 Å². The number of hydrogen-bond acceptors (Lipinski definition) is 4. The summed E-state index contributed by atoms with van der Waals surface area (Å²) in [5, 5.41) is 0. The van der Waals surface area contributed by atoms with Gasteiger partial charge in [-0.25, -0.2) is 9.59 Å². The van der Waals surface area contributed by atoms with E-state index in [1.165, 1.54) is 0 Å². The summed E-state index contributed by atoms with van der Waals surface area (Å²) in [6, 6.07) is -0.00705. The van der Waals surface area contributed by atoms with Crippen LogP contribution in [0.4, 0.5) is 4.79 Å².